The number of nitrogens with zero attached hydrogens (tertiary/aromatic N) is 2. The first-order chi connectivity index (χ1) is 13.1. The fourth-order valence-corrected chi connectivity index (χ4v) is 3.41. The van der Waals surface area contributed by atoms with Gasteiger partial charge in [-0.15, -0.1) is 0 Å². The SMILES string of the molecule is O=C(CCc1ccccc1)C(=O)N1CCN(Cc2ccccc2)C[C@@H](O)C1. The van der Waals surface area contributed by atoms with Crippen molar-refractivity contribution in [3.63, 3.8) is 0 Å². The fourth-order valence-electron chi connectivity index (χ4n) is 3.41. The highest BCUT2D eigenvalue weighted by Gasteiger charge is 2.27. The van der Waals surface area contributed by atoms with E-state index in [-0.39, 0.29) is 18.7 Å². The molecule has 3 rings (SSSR count). The van der Waals surface area contributed by atoms with Crippen LogP contribution in [0, 0.1) is 0 Å². The van der Waals surface area contributed by atoms with Crippen molar-refractivity contribution >= 4 is 11.7 Å². The Labute approximate surface area is 160 Å². The minimum Gasteiger partial charge on any atom is -0.390 e. The molecule has 1 aliphatic heterocycles. The lowest BCUT2D eigenvalue weighted by atomic mass is 10.1. The summed E-state index contributed by atoms with van der Waals surface area (Å²) in [4.78, 5) is 28.5. The Balaban J connectivity index is 1.53. The molecule has 1 fully saturated rings. The number of carbonyl (C=O) groups is 2. The number of Topliss-reactive ketones (excluding diaryl/α,β-unsaturated/α-hetero) is 1. The van der Waals surface area contributed by atoms with Crippen molar-refractivity contribution in [2.24, 2.45) is 0 Å². The van der Waals surface area contributed by atoms with Gasteiger partial charge >= 0.3 is 0 Å². The Hall–Kier alpha value is -2.50. The summed E-state index contributed by atoms with van der Waals surface area (Å²) in [7, 11) is 0. The largest absolute Gasteiger partial charge is 0.390 e. The van der Waals surface area contributed by atoms with Crippen LogP contribution < -0.4 is 0 Å². The molecule has 0 radical (unpaired) electrons. The summed E-state index contributed by atoms with van der Waals surface area (Å²) < 4.78 is 0. The summed E-state index contributed by atoms with van der Waals surface area (Å²) in [5.41, 5.74) is 2.21. The van der Waals surface area contributed by atoms with Crippen molar-refractivity contribution in [3.8, 4) is 0 Å². The molecule has 1 N–H and O–H groups in total. The van der Waals surface area contributed by atoms with E-state index < -0.39 is 12.0 Å². The standard InChI is InChI=1S/C22H26N2O3/c25-20-16-23(15-19-9-5-2-6-10-19)13-14-24(17-20)22(27)21(26)12-11-18-7-3-1-4-8-18/h1-10,20,25H,11-17H2/t20-/m1/s1. The molecule has 2 aromatic carbocycles. The molecule has 1 saturated heterocycles. The van der Waals surface area contributed by atoms with Crippen LogP contribution in [0.15, 0.2) is 60.7 Å². The van der Waals surface area contributed by atoms with Crippen LogP contribution in [0.3, 0.4) is 0 Å². The molecule has 5 nitrogen and oxygen atoms in total. The second-order valence-electron chi connectivity index (χ2n) is 7.03. The van der Waals surface area contributed by atoms with E-state index in [2.05, 4.69) is 4.90 Å². The highest BCUT2D eigenvalue weighted by atomic mass is 16.3. The minimum absolute atomic E-state index is 0.198. The van der Waals surface area contributed by atoms with Gasteiger partial charge < -0.3 is 10.0 Å². The predicted molar refractivity (Wildman–Crippen MR) is 104 cm³/mol. The van der Waals surface area contributed by atoms with E-state index in [1.807, 2.05) is 60.7 Å². The molecule has 0 unspecified atom stereocenters. The molecule has 2 aromatic rings. The summed E-state index contributed by atoms with van der Waals surface area (Å²) in [5.74, 6) is -0.867. The van der Waals surface area contributed by atoms with Crippen LogP contribution in [-0.2, 0) is 22.6 Å². The molecular formula is C22H26N2O3. The van der Waals surface area contributed by atoms with Crippen LogP contribution in [-0.4, -0.2) is 58.9 Å². The van der Waals surface area contributed by atoms with Gasteiger partial charge in [-0.05, 0) is 17.5 Å². The van der Waals surface area contributed by atoms with Gasteiger partial charge in [0.15, 0.2) is 0 Å². The molecule has 5 heteroatoms. The van der Waals surface area contributed by atoms with Gasteiger partial charge in [0.25, 0.3) is 5.91 Å². The van der Waals surface area contributed by atoms with Crippen molar-refractivity contribution in [1.29, 1.82) is 0 Å². The summed E-state index contributed by atoms with van der Waals surface area (Å²) in [6.07, 6.45) is 0.104. The minimum atomic E-state index is -0.651. The average molecular weight is 366 g/mol. The van der Waals surface area contributed by atoms with Crippen LogP contribution in [0.5, 0.6) is 0 Å². The van der Waals surface area contributed by atoms with Crippen LogP contribution in [0.25, 0.3) is 0 Å². The Morgan fingerprint density at radius 2 is 1.52 bits per heavy atom. The van der Waals surface area contributed by atoms with Gasteiger partial charge in [-0.25, -0.2) is 0 Å². The van der Waals surface area contributed by atoms with Gasteiger partial charge in [-0.3, -0.25) is 14.5 Å². The van der Waals surface area contributed by atoms with Gasteiger partial charge in [0.05, 0.1) is 6.10 Å². The van der Waals surface area contributed by atoms with Crippen molar-refractivity contribution in [3.05, 3.63) is 71.8 Å². The van der Waals surface area contributed by atoms with E-state index in [1.165, 1.54) is 10.5 Å². The lowest BCUT2D eigenvalue weighted by molar-refractivity contribution is -0.145. The van der Waals surface area contributed by atoms with E-state index in [0.717, 1.165) is 12.1 Å². The van der Waals surface area contributed by atoms with Crippen LogP contribution in [0.1, 0.15) is 17.5 Å². The molecule has 0 bridgehead atoms. The predicted octanol–water partition coefficient (Wildman–Crippen LogP) is 1.89. The highest BCUT2D eigenvalue weighted by molar-refractivity contribution is 6.36. The maximum Gasteiger partial charge on any atom is 0.290 e. The number of benzene rings is 2. The highest BCUT2D eigenvalue weighted by Crippen LogP contribution is 2.11. The number of amides is 1. The smallest absolute Gasteiger partial charge is 0.290 e. The number of β-amino-alcohol motifs (C(OH)–C–C–N with tert-alkyl or cyclic N) is 1. The Kier molecular flexibility index (Phi) is 6.74. The molecule has 1 heterocycles. The number of hydrogen-bond donors (Lipinski definition) is 1. The monoisotopic (exact) mass is 366 g/mol. The zero-order chi connectivity index (χ0) is 19.1. The van der Waals surface area contributed by atoms with Gasteiger partial charge in [-0.2, -0.15) is 0 Å². The maximum atomic E-state index is 12.5. The number of hydrogen-bond acceptors (Lipinski definition) is 4. The Morgan fingerprint density at radius 1 is 0.889 bits per heavy atom. The van der Waals surface area contributed by atoms with Gasteiger partial charge in [0.1, 0.15) is 0 Å². The molecule has 27 heavy (non-hydrogen) atoms. The van der Waals surface area contributed by atoms with E-state index in [1.54, 1.807) is 0 Å². The van der Waals surface area contributed by atoms with E-state index >= 15 is 0 Å². The molecule has 0 aromatic heterocycles. The Bertz CT molecular complexity index is 749. The molecule has 1 atom stereocenters. The summed E-state index contributed by atoms with van der Waals surface area (Å²) in [5, 5.41) is 10.3. The first kappa shape index (κ1) is 19.3. The lowest BCUT2D eigenvalue weighted by Gasteiger charge is -2.21. The molecule has 1 aliphatic rings. The molecule has 0 saturated carbocycles. The second-order valence-corrected chi connectivity index (χ2v) is 7.03. The van der Waals surface area contributed by atoms with Crippen molar-refractivity contribution in [1.82, 2.24) is 9.80 Å². The maximum absolute atomic E-state index is 12.5. The molecule has 0 spiro atoms. The quantitative estimate of drug-likeness (QED) is 0.793. The van der Waals surface area contributed by atoms with Gasteiger partial charge in [0.2, 0.25) is 5.78 Å². The van der Waals surface area contributed by atoms with Crippen LogP contribution in [0.2, 0.25) is 0 Å². The van der Waals surface area contributed by atoms with Crippen LogP contribution >= 0.6 is 0 Å². The third-order valence-electron chi connectivity index (χ3n) is 4.84. The van der Waals surface area contributed by atoms with Crippen molar-refractivity contribution < 1.29 is 14.7 Å². The first-order valence-corrected chi connectivity index (χ1v) is 9.42. The van der Waals surface area contributed by atoms with Gasteiger partial charge in [0, 0.05) is 39.1 Å². The number of aliphatic hydroxyl groups excluding tert-OH is 1. The number of rotatable bonds is 6. The van der Waals surface area contributed by atoms with Crippen molar-refractivity contribution in [2.75, 3.05) is 26.2 Å². The third-order valence-corrected chi connectivity index (χ3v) is 4.84. The fraction of sp³-hybridized carbons (Fsp3) is 0.364. The molecule has 0 aliphatic carbocycles. The molecule has 1 amide bonds. The zero-order valence-electron chi connectivity index (χ0n) is 15.5. The summed E-state index contributed by atoms with van der Waals surface area (Å²) in [6, 6.07) is 19.7. The number of aryl methyl sites for hydroxylation is 1. The average Bonchev–Trinajstić information content (AvgIpc) is 2.88. The summed E-state index contributed by atoms with van der Waals surface area (Å²) >= 11 is 0. The van der Waals surface area contributed by atoms with Crippen LogP contribution in [0.4, 0.5) is 0 Å². The second kappa shape index (κ2) is 9.44. The molecular weight excluding hydrogens is 340 g/mol. The first-order valence-electron chi connectivity index (χ1n) is 9.42. The number of aliphatic hydroxyl groups is 1. The zero-order valence-corrected chi connectivity index (χ0v) is 15.5. The molecule has 142 valence electrons. The van der Waals surface area contributed by atoms with E-state index in [9.17, 15) is 14.7 Å². The third kappa shape index (κ3) is 5.74. The summed E-state index contributed by atoms with van der Waals surface area (Å²) in [6.45, 7) is 2.53. The van der Waals surface area contributed by atoms with E-state index in [4.69, 9.17) is 0 Å². The normalized spacial score (nSPS) is 18.1. The van der Waals surface area contributed by atoms with Crippen molar-refractivity contribution in [2.45, 2.75) is 25.5 Å². The lowest BCUT2D eigenvalue weighted by Crippen LogP contribution is -2.41. The number of carbonyl (C=O) groups excluding carboxylic acids is 2. The topological polar surface area (TPSA) is 60.9 Å². The van der Waals surface area contributed by atoms with Gasteiger partial charge in [-0.1, -0.05) is 60.7 Å². The van der Waals surface area contributed by atoms with E-state index in [0.29, 0.717) is 26.1 Å². The Morgan fingerprint density at radius 3 is 2.19 bits per heavy atom. The number of ketones is 1.